The lowest BCUT2D eigenvalue weighted by Crippen LogP contribution is -2.26. The van der Waals surface area contributed by atoms with Crippen LogP contribution in [0.2, 0.25) is 4.34 Å². The third kappa shape index (κ3) is 3.29. The van der Waals surface area contributed by atoms with Crippen molar-refractivity contribution >= 4 is 33.0 Å². The van der Waals surface area contributed by atoms with Crippen LogP contribution >= 0.6 is 22.9 Å². The summed E-state index contributed by atoms with van der Waals surface area (Å²) < 4.78 is 26.6. The van der Waals surface area contributed by atoms with Crippen LogP contribution in [0.25, 0.3) is 0 Å². The molecule has 0 saturated carbocycles. The molecule has 0 bridgehead atoms. The first kappa shape index (κ1) is 12.6. The zero-order valence-electron chi connectivity index (χ0n) is 8.68. The van der Waals surface area contributed by atoms with Crippen LogP contribution in [0.3, 0.4) is 0 Å². The first-order valence-electron chi connectivity index (χ1n) is 4.80. The molecule has 0 aliphatic carbocycles. The number of imidazole rings is 1. The van der Waals surface area contributed by atoms with E-state index < -0.39 is 10.0 Å². The summed E-state index contributed by atoms with van der Waals surface area (Å²) in [5.41, 5.74) is 0. The number of thiophene rings is 1. The Balaban J connectivity index is 1.91. The van der Waals surface area contributed by atoms with E-state index in [1.54, 1.807) is 6.07 Å². The van der Waals surface area contributed by atoms with Gasteiger partial charge in [-0.25, -0.2) is 18.1 Å². The number of hydrogen-bond donors (Lipinski definition) is 2. The van der Waals surface area contributed by atoms with E-state index in [9.17, 15) is 8.42 Å². The van der Waals surface area contributed by atoms with Gasteiger partial charge in [-0.3, -0.25) is 0 Å². The van der Waals surface area contributed by atoms with E-state index in [-0.39, 0.29) is 5.03 Å². The Morgan fingerprint density at radius 2 is 2.29 bits per heavy atom. The molecule has 0 aromatic carbocycles. The van der Waals surface area contributed by atoms with Gasteiger partial charge in [0.15, 0.2) is 5.03 Å². The van der Waals surface area contributed by atoms with E-state index in [1.807, 2.05) is 6.07 Å². The van der Waals surface area contributed by atoms with Gasteiger partial charge in [-0.15, -0.1) is 11.3 Å². The number of aromatic amines is 1. The monoisotopic (exact) mass is 291 g/mol. The van der Waals surface area contributed by atoms with E-state index in [2.05, 4.69) is 14.7 Å². The van der Waals surface area contributed by atoms with Crippen molar-refractivity contribution in [3.63, 3.8) is 0 Å². The van der Waals surface area contributed by atoms with Gasteiger partial charge in [0, 0.05) is 11.4 Å². The van der Waals surface area contributed by atoms with Gasteiger partial charge < -0.3 is 4.98 Å². The molecule has 0 spiro atoms. The Morgan fingerprint density at radius 3 is 2.88 bits per heavy atom. The minimum absolute atomic E-state index is 0.0710. The normalized spacial score (nSPS) is 11.8. The molecule has 92 valence electrons. The average molecular weight is 292 g/mol. The highest BCUT2D eigenvalue weighted by molar-refractivity contribution is 7.89. The lowest BCUT2D eigenvalue weighted by atomic mass is 10.3. The van der Waals surface area contributed by atoms with Gasteiger partial charge in [-0.05, 0) is 18.6 Å². The number of rotatable bonds is 5. The number of nitrogens with zero attached hydrogens (tertiary/aromatic N) is 1. The minimum atomic E-state index is -3.48. The van der Waals surface area contributed by atoms with Crippen LogP contribution in [0, 0.1) is 0 Å². The van der Waals surface area contributed by atoms with Gasteiger partial charge in [0.2, 0.25) is 0 Å². The second kappa shape index (κ2) is 5.18. The van der Waals surface area contributed by atoms with Gasteiger partial charge in [0.1, 0.15) is 0 Å². The molecule has 0 atom stereocenters. The number of H-pyrrole nitrogens is 1. The molecule has 0 aliphatic heterocycles. The Kier molecular flexibility index (Phi) is 3.82. The zero-order valence-corrected chi connectivity index (χ0v) is 11.1. The molecular weight excluding hydrogens is 282 g/mol. The van der Waals surface area contributed by atoms with Crippen molar-refractivity contribution < 1.29 is 8.42 Å². The Hall–Kier alpha value is -0.890. The maximum atomic E-state index is 11.7. The van der Waals surface area contributed by atoms with E-state index in [0.29, 0.717) is 17.3 Å². The fourth-order valence-electron chi connectivity index (χ4n) is 1.26. The van der Waals surface area contributed by atoms with Crippen molar-refractivity contribution in [2.45, 2.75) is 11.4 Å². The highest BCUT2D eigenvalue weighted by atomic mass is 35.5. The molecule has 2 aromatic rings. The van der Waals surface area contributed by atoms with Gasteiger partial charge in [-0.1, -0.05) is 11.6 Å². The number of nitrogens with one attached hydrogen (secondary N) is 2. The second-order valence-corrected chi connectivity index (χ2v) is 6.80. The van der Waals surface area contributed by atoms with Crippen molar-refractivity contribution in [2.24, 2.45) is 0 Å². The molecule has 0 radical (unpaired) electrons. The van der Waals surface area contributed by atoms with Crippen LogP contribution in [0.1, 0.15) is 4.88 Å². The summed E-state index contributed by atoms with van der Waals surface area (Å²) in [6.07, 6.45) is 3.21. The zero-order chi connectivity index (χ0) is 12.3. The maximum absolute atomic E-state index is 11.7. The van der Waals surface area contributed by atoms with Crippen molar-refractivity contribution in [1.82, 2.24) is 14.7 Å². The lowest BCUT2D eigenvalue weighted by Gasteiger charge is -2.02. The second-order valence-electron chi connectivity index (χ2n) is 3.27. The van der Waals surface area contributed by atoms with Crippen LogP contribution in [0.4, 0.5) is 0 Å². The predicted molar refractivity (Wildman–Crippen MR) is 66.8 cm³/mol. The van der Waals surface area contributed by atoms with E-state index in [1.165, 1.54) is 23.9 Å². The average Bonchev–Trinajstić information content (AvgIpc) is 2.89. The molecule has 0 saturated heterocycles. The van der Waals surface area contributed by atoms with Crippen molar-refractivity contribution in [3.05, 3.63) is 33.9 Å². The Labute approximate surface area is 108 Å². The molecule has 2 aromatic heterocycles. The molecule has 2 heterocycles. The van der Waals surface area contributed by atoms with Crippen molar-refractivity contribution in [3.8, 4) is 0 Å². The summed E-state index contributed by atoms with van der Waals surface area (Å²) in [6, 6.07) is 3.68. The fourth-order valence-corrected chi connectivity index (χ4v) is 3.28. The highest BCUT2D eigenvalue weighted by Gasteiger charge is 2.14. The maximum Gasteiger partial charge on any atom is 0.257 e. The molecule has 0 fully saturated rings. The van der Waals surface area contributed by atoms with Crippen molar-refractivity contribution in [2.75, 3.05) is 6.54 Å². The molecule has 0 unspecified atom stereocenters. The standard InChI is InChI=1S/C9H10ClN3O2S2/c10-8-2-1-7(16-8)3-4-13-17(14,15)9-5-11-6-12-9/h1-2,5-6,13H,3-4H2,(H,11,12). The predicted octanol–water partition coefficient (Wildman–Crippen LogP) is 1.65. The number of halogens is 1. The molecule has 0 aliphatic rings. The Morgan fingerprint density at radius 1 is 1.47 bits per heavy atom. The SMILES string of the molecule is O=S(=O)(NCCc1ccc(Cl)s1)c1cnc[nH]1. The van der Waals surface area contributed by atoms with Gasteiger partial charge in [0.05, 0.1) is 16.9 Å². The quantitative estimate of drug-likeness (QED) is 0.879. The first-order valence-corrected chi connectivity index (χ1v) is 7.48. The molecule has 2 N–H and O–H groups in total. The van der Waals surface area contributed by atoms with Gasteiger partial charge in [-0.2, -0.15) is 0 Å². The molecule has 17 heavy (non-hydrogen) atoms. The number of aromatic nitrogens is 2. The number of sulfonamides is 1. The molecule has 5 nitrogen and oxygen atoms in total. The van der Waals surface area contributed by atoms with E-state index in [0.717, 1.165) is 4.88 Å². The fraction of sp³-hybridized carbons (Fsp3) is 0.222. The Bertz CT molecular complexity index is 577. The van der Waals surface area contributed by atoms with Gasteiger partial charge in [0.25, 0.3) is 10.0 Å². The third-order valence-electron chi connectivity index (χ3n) is 2.05. The van der Waals surface area contributed by atoms with Crippen LogP contribution in [-0.2, 0) is 16.4 Å². The summed E-state index contributed by atoms with van der Waals surface area (Å²) in [5, 5.41) is 0.0710. The lowest BCUT2D eigenvalue weighted by molar-refractivity contribution is 0.578. The van der Waals surface area contributed by atoms with Crippen LogP contribution in [-0.4, -0.2) is 24.9 Å². The molecule has 8 heteroatoms. The first-order chi connectivity index (χ1) is 8.08. The number of hydrogen-bond acceptors (Lipinski definition) is 4. The van der Waals surface area contributed by atoms with Crippen LogP contribution < -0.4 is 4.72 Å². The molecule has 2 rings (SSSR count). The van der Waals surface area contributed by atoms with E-state index in [4.69, 9.17) is 11.6 Å². The third-order valence-corrected chi connectivity index (χ3v) is 4.73. The highest BCUT2D eigenvalue weighted by Crippen LogP contribution is 2.21. The van der Waals surface area contributed by atoms with E-state index >= 15 is 0 Å². The van der Waals surface area contributed by atoms with Gasteiger partial charge >= 0.3 is 0 Å². The summed E-state index contributed by atoms with van der Waals surface area (Å²) in [6.45, 7) is 0.332. The smallest absolute Gasteiger partial charge is 0.257 e. The largest absolute Gasteiger partial charge is 0.335 e. The summed E-state index contributed by atoms with van der Waals surface area (Å²) >= 11 is 7.22. The van der Waals surface area contributed by atoms with Crippen LogP contribution in [0.5, 0.6) is 0 Å². The van der Waals surface area contributed by atoms with Crippen LogP contribution in [0.15, 0.2) is 29.7 Å². The van der Waals surface area contributed by atoms with Crippen molar-refractivity contribution in [1.29, 1.82) is 0 Å². The molecule has 0 amide bonds. The molecular formula is C9H10ClN3O2S2. The summed E-state index contributed by atoms with van der Waals surface area (Å²) in [4.78, 5) is 7.26. The summed E-state index contributed by atoms with van der Waals surface area (Å²) in [5.74, 6) is 0. The topological polar surface area (TPSA) is 74.8 Å². The minimum Gasteiger partial charge on any atom is -0.335 e. The summed E-state index contributed by atoms with van der Waals surface area (Å²) in [7, 11) is -3.48.